The van der Waals surface area contributed by atoms with E-state index in [1.165, 1.54) is 25.0 Å². The van der Waals surface area contributed by atoms with Gasteiger partial charge >= 0.3 is 0 Å². The highest BCUT2D eigenvalue weighted by Crippen LogP contribution is 2.27. The molecule has 0 aromatic heterocycles. The lowest BCUT2D eigenvalue weighted by Crippen LogP contribution is -2.27. The summed E-state index contributed by atoms with van der Waals surface area (Å²) in [6, 6.07) is 3.70. The van der Waals surface area contributed by atoms with Crippen molar-refractivity contribution in [3.05, 3.63) is 35.4 Å². The number of benzene rings is 1. The normalized spacial score (nSPS) is 24.2. The summed E-state index contributed by atoms with van der Waals surface area (Å²) in [4.78, 5) is 0. The van der Waals surface area contributed by atoms with E-state index in [9.17, 15) is 8.78 Å². The minimum Gasteiger partial charge on any atom is -0.312 e. The first kappa shape index (κ1) is 13.8. The molecule has 0 heterocycles. The summed E-state index contributed by atoms with van der Waals surface area (Å²) >= 11 is 6.12. The molecule has 1 aromatic rings. The molecule has 2 atom stereocenters. The molecule has 0 aliphatic heterocycles. The van der Waals surface area contributed by atoms with Crippen LogP contribution in [0.2, 0.25) is 0 Å². The number of alkyl halides is 1. The maximum absolute atomic E-state index is 13.4. The number of halogens is 3. The van der Waals surface area contributed by atoms with Crippen LogP contribution in [0.4, 0.5) is 8.78 Å². The van der Waals surface area contributed by atoms with E-state index < -0.39 is 11.6 Å². The molecule has 2 rings (SSSR count). The van der Waals surface area contributed by atoms with Gasteiger partial charge in [-0.15, -0.1) is 11.6 Å². The fraction of sp³-hybridized carbons (Fsp3) is 0.571. The Morgan fingerprint density at radius 3 is 2.83 bits per heavy atom. The van der Waals surface area contributed by atoms with E-state index in [1.54, 1.807) is 0 Å². The van der Waals surface area contributed by atoms with Crippen LogP contribution in [0.15, 0.2) is 18.2 Å². The van der Waals surface area contributed by atoms with Gasteiger partial charge in [0.05, 0.1) is 0 Å². The molecule has 0 saturated heterocycles. The summed E-state index contributed by atoms with van der Waals surface area (Å²) in [5.41, 5.74) is 0.509. The molecule has 4 heteroatoms. The van der Waals surface area contributed by atoms with Crippen LogP contribution in [0.3, 0.4) is 0 Å². The number of rotatable bonds is 4. The minimum atomic E-state index is -0.534. The number of hydrogen-bond acceptors (Lipinski definition) is 1. The van der Waals surface area contributed by atoms with E-state index in [1.807, 2.05) is 0 Å². The van der Waals surface area contributed by atoms with Crippen molar-refractivity contribution in [2.45, 2.75) is 37.6 Å². The molecule has 2 unspecified atom stereocenters. The lowest BCUT2D eigenvalue weighted by molar-refractivity contribution is 0.345. The molecule has 0 spiro atoms. The highest BCUT2D eigenvalue weighted by atomic mass is 35.5. The first-order valence-electron chi connectivity index (χ1n) is 6.44. The fourth-order valence-corrected chi connectivity index (χ4v) is 2.89. The lowest BCUT2D eigenvalue weighted by atomic mass is 9.89. The van der Waals surface area contributed by atoms with Gasteiger partial charge in [0, 0.05) is 23.6 Å². The molecule has 1 fully saturated rings. The first-order valence-corrected chi connectivity index (χ1v) is 6.87. The van der Waals surface area contributed by atoms with Crippen molar-refractivity contribution in [1.82, 2.24) is 5.32 Å². The van der Waals surface area contributed by atoms with Crippen molar-refractivity contribution >= 4 is 11.6 Å². The molecule has 1 saturated carbocycles. The third kappa shape index (κ3) is 3.92. The van der Waals surface area contributed by atoms with Crippen molar-refractivity contribution < 1.29 is 8.78 Å². The fourth-order valence-electron chi connectivity index (χ4n) is 2.49. The van der Waals surface area contributed by atoms with Crippen molar-refractivity contribution in [3.63, 3.8) is 0 Å². The van der Waals surface area contributed by atoms with Gasteiger partial charge in [-0.05, 0) is 37.8 Å². The summed E-state index contributed by atoms with van der Waals surface area (Å²) in [7, 11) is 0. The monoisotopic (exact) mass is 273 g/mol. The molecule has 100 valence electrons. The number of nitrogens with one attached hydrogen (secondary N) is 1. The molecule has 1 aliphatic rings. The largest absolute Gasteiger partial charge is 0.312 e. The quantitative estimate of drug-likeness (QED) is 0.822. The summed E-state index contributed by atoms with van der Waals surface area (Å²) in [6.07, 6.45) is 4.48. The van der Waals surface area contributed by atoms with Gasteiger partial charge in [0.2, 0.25) is 0 Å². The van der Waals surface area contributed by atoms with Crippen molar-refractivity contribution in [3.8, 4) is 0 Å². The second-order valence-corrected chi connectivity index (χ2v) is 5.61. The SMILES string of the molecule is Fc1ccc(CNCC2CCCC(Cl)C2)c(F)c1. The zero-order valence-corrected chi connectivity index (χ0v) is 11.0. The molecular weight excluding hydrogens is 256 g/mol. The zero-order chi connectivity index (χ0) is 13.0. The second kappa shape index (κ2) is 6.48. The summed E-state index contributed by atoms with van der Waals surface area (Å²) < 4.78 is 26.1. The average Bonchev–Trinajstić information content (AvgIpc) is 2.32. The highest BCUT2D eigenvalue weighted by molar-refractivity contribution is 6.20. The Balaban J connectivity index is 1.77. The zero-order valence-electron chi connectivity index (χ0n) is 10.3. The van der Waals surface area contributed by atoms with Crippen molar-refractivity contribution in [2.75, 3.05) is 6.54 Å². The molecule has 0 bridgehead atoms. The Kier molecular flexibility index (Phi) is 4.95. The van der Waals surface area contributed by atoms with E-state index in [0.717, 1.165) is 25.5 Å². The van der Waals surface area contributed by atoms with Gasteiger partial charge in [0.1, 0.15) is 11.6 Å². The molecule has 1 N–H and O–H groups in total. The van der Waals surface area contributed by atoms with E-state index in [4.69, 9.17) is 11.6 Å². The Labute approximate surface area is 112 Å². The third-order valence-corrected chi connectivity index (χ3v) is 3.88. The smallest absolute Gasteiger partial charge is 0.130 e. The van der Waals surface area contributed by atoms with Gasteiger partial charge in [-0.1, -0.05) is 12.5 Å². The summed E-state index contributed by atoms with van der Waals surface area (Å²) in [5.74, 6) is -0.445. The summed E-state index contributed by atoms with van der Waals surface area (Å²) in [5, 5.41) is 3.52. The molecule has 0 radical (unpaired) electrons. The average molecular weight is 274 g/mol. The van der Waals surface area contributed by atoms with E-state index in [2.05, 4.69) is 5.32 Å². The predicted octanol–water partition coefficient (Wildman–Crippen LogP) is 3.85. The topological polar surface area (TPSA) is 12.0 Å². The van der Waals surface area contributed by atoms with E-state index >= 15 is 0 Å². The van der Waals surface area contributed by atoms with Crippen LogP contribution in [0.25, 0.3) is 0 Å². The van der Waals surface area contributed by atoms with Crippen LogP contribution in [-0.2, 0) is 6.54 Å². The van der Waals surface area contributed by atoms with Crippen LogP contribution in [-0.4, -0.2) is 11.9 Å². The van der Waals surface area contributed by atoms with Gasteiger partial charge in [-0.2, -0.15) is 0 Å². The molecule has 1 aliphatic carbocycles. The second-order valence-electron chi connectivity index (χ2n) is 5.00. The van der Waals surface area contributed by atoms with Gasteiger partial charge in [0.25, 0.3) is 0 Å². The molecule has 18 heavy (non-hydrogen) atoms. The lowest BCUT2D eigenvalue weighted by Gasteiger charge is -2.25. The third-order valence-electron chi connectivity index (χ3n) is 3.48. The van der Waals surface area contributed by atoms with Gasteiger partial charge in [-0.3, -0.25) is 0 Å². The highest BCUT2D eigenvalue weighted by Gasteiger charge is 2.19. The van der Waals surface area contributed by atoms with Crippen LogP contribution < -0.4 is 5.32 Å². The van der Waals surface area contributed by atoms with Crippen LogP contribution >= 0.6 is 11.6 Å². The van der Waals surface area contributed by atoms with E-state index in [0.29, 0.717) is 18.0 Å². The van der Waals surface area contributed by atoms with Crippen molar-refractivity contribution in [1.29, 1.82) is 0 Å². The maximum atomic E-state index is 13.4. The molecular formula is C14H18ClF2N. The standard InChI is InChI=1S/C14H18ClF2N/c15-12-3-1-2-10(6-12)8-18-9-11-4-5-13(16)7-14(11)17/h4-5,7,10,12,18H,1-3,6,8-9H2. The Morgan fingerprint density at radius 2 is 2.11 bits per heavy atom. The van der Waals surface area contributed by atoms with Gasteiger partial charge in [-0.25, -0.2) is 8.78 Å². The van der Waals surface area contributed by atoms with Crippen LogP contribution in [0.1, 0.15) is 31.2 Å². The summed E-state index contributed by atoms with van der Waals surface area (Å²) in [6.45, 7) is 1.29. The predicted molar refractivity (Wildman–Crippen MR) is 69.7 cm³/mol. The molecule has 1 aromatic carbocycles. The van der Waals surface area contributed by atoms with Gasteiger partial charge < -0.3 is 5.32 Å². The Morgan fingerprint density at radius 1 is 1.28 bits per heavy atom. The Hall–Kier alpha value is -0.670. The van der Waals surface area contributed by atoms with Crippen molar-refractivity contribution in [2.24, 2.45) is 5.92 Å². The number of hydrogen-bond donors (Lipinski definition) is 1. The minimum absolute atomic E-state index is 0.285. The van der Waals surface area contributed by atoms with Gasteiger partial charge in [0.15, 0.2) is 0 Å². The van der Waals surface area contributed by atoms with Crippen LogP contribution in [0, 0.1) is 17.6 Å². The van der Waals surface area contributed by atoms with E-state index in [-0.39, 0.29) is 5.38 Å². The van der Waals surface area contributed by atoms with Crippen LogP contribution in [0.5, 0.6) is 0 Å². The maximum Gasteiger partial charge on any atom is 0.130 e. The Bertz CT molecular complexity index is 397. The first-order chi connectivity index (χ1) is 8.65. The molecule has 1 nitrogen and oxygen atoms in total. The molecule has 0 amide bonds.